The van der Waals surface area contributed by atoms with E-state index < -0.39 is 11.5 Å². The summed E-state index contributed by atoms with van der Waals surface area (Å²) in [6.07, 6.45) is 1.51. The van der Waals surface area contributed by atoms with Crippen LogP contribution in [0.15, 0.2) is 45.8 Å². The molecule has 1 N–H and O–H groups in total. The van der Waals surface area contributed by atoms with Crippen molar-refractivity contribution >= 4 is 50.4 Å². The second kappa shape index (κ2) is 9.38. The molecular weight excluding hydrogens is 524 g/mol. The first-order valence-electron chi connectivity index (χ1n) is 10.7. The molecule has 1 aliphatic heterocycles. The van der Waals surface area contributed by atoms with Crippen LogP contribution >= 0.6 is 27.5 Å². The molecule has 1 aromatic carbocycles. The smallest absolute Gasteiger partial charge is 0.265 e. The number of carbonyl (C=O) groups excluding carboxylic acids is 2. The van der Waals surface area contributed by atoms with E-state index in [2.05, 4.69) is 40.1 Å². The van der Waals surface area contributed by atoms with Gasteiger partial charge in [0, 0.05) is 30.9 Å². The van der Waals surface area contributed by atoms with Gasteiger partial charge in [0.1, 0.15) is 23.5 Å². The summed E-state index contributed by atoms with van der Waals surface area (Å²) in [5, 5.41) is 3.80. The third-order valence-corrected chi connectivity index (χ3v) is 6.54. The molecule has 4 rings (SSSR count). The lowest BCUT2D eigenvalue weighted by Gasteiger charge is -2.45. The third-order valence-electron chi connectivity index (χ3n) is 5.72. The van der Waals surface area contributed by atoms with Crippen molar-refractivity contribution in [1.82, 2.24) is 19.8 Å². The second-order valence-corrected chi connectivity index (χ2v) is 10.3. The molecule has 3 heterocycles. The Bertz CT molecular complexity index is 1330. The Kier molecular flexibility index (Phi) is 6.69. The van der Waals surface area contributed by atoms with E-state index in [0.29, 0.717) is 33.7 Å². The van der Waals surface area contributed by atoms with Gasteiger partial charge in [0.2, 0.25) is 5.91 Å². The number of pyridine rings is 2. The van der Waals surface area contributed by atoms with Crippen molar-refractivity contribution in [3.8, 4) is 5.75 Å². The van der Waals surface area contributed by atoms with Gasteiger partial charge in [-0.1, -0.05) is 37.6 Å². The predicted octanol–water partition coefficient (Wildman–Crippen LogP) is 3.62. The maximum absolute atomic E-state index is 13.4. The first-order valence-corrected chi connectivity index (χ1v) is 11.8. The van der Waals surface area contributed by atoms with Crippen molar-refractivity contribution in [1.29, 1.82) is 0 Å². The maximum Gasteiger partial charge on any atom is 0.265 e. The number of hydrogen-bond acceptors (Lipinski definition) is 5. The lowest BCUT2D eigenvalue weighted by Crippen LogP contribution is -2.56. The third kappa shape index (κ3) is 4.81. The highest BCUT2D eigenvalue weighted by Gasteiger charge is 2.37. The van der Waals surface area contributed by atoms with E-state index in [4.69, 9.17) is 16.3 Å². The van der Waals surface area contributed by atoms with Crippen molar-refractivity contribution in [2.75, 3.05) is 20.2 Å². The zero-order chi connectivity index (χ0) is 24.6. The molecule has 0 bridgehead atoms. The van der Waals surface area contributed by atoms with Gasteiger partial charge < -0.3 is 15.0 Å². The molecular formula is C24H24BrClN4O4. The van der Waals surface area contributed by atoms with Crippen molar-refractivity contribution in [2.24, 2.45) is 5.41 Å². The summed E-state index contributed by atoms with van der Waals surface area (Å²) < 4.78 is 7.31. The van der Waals surface area contributed by atoms with Crippen LogP contribution < -0.4 is 15.6 Å². The molecule has 3 aromatic rings. The van der Waals surface area contributed by atoms with Gasteiger partial charge in [0.25, 0.3) is 11.5 Å². The molecule has 1 aliphatic rings. The number of carbonyl (C=O) groups is 2. The van der Waals surface area contributed by atoms with Crippen molar-refractivity contribution in [3.63, 3.8) is 0 Å². The normalized spacial score (nSPS) is 14.6. The number of amides is 2. The van der Waals surface area contributed by atoms with Crippen LogP contribution in [0, 0.1) is 5.41 Å². The number of nitrogens with zero attached hydrogens (tertiary/aromatic N) is 3. The molecule has 8 nitrogen and oxygen atoms in total. The van der Waals surface area contributed by atoms with E-state index in [1.165, 1.54) is 23.9 Å². The minimum atomic E-state index is -0.592. The van der Waals surface area contributed by atoms with E-state index in [9.17, 15) is 14.4 Å². The average Bonchev–Trinajstić information content (AvgIpc) is 2.78. The highest BCUT2D eigenvalue weighted by Crippen LogP contribution is 2.32. The molecule has 1 saturated heterocycles. The van der Waals surface area contributed by atoms with Crippen LogP contribution in [-0.2, 0) is 17.9 Å². The molecule has 0 aliphatic carbocycles. The Morgan fingerprint density at radius 2 is 1.91 bits per heavy atom. The molecule has 2 amide bonds. The van der Waals surface area contributed by atoms with E-state index in [-0.39, 0.29) is 35.6 Å². The van der Waals surface area contributed by atoms with Crippen LogP contribution in [0.25, 0.3) is 11.0 Å². The van der Waals surface area contributed by atoms with E-state index in [1.807, 2.05) is 0 Å². The molecule has 0 unspecified atom stereocenters. The Labute approximate surface area is 210 Å². The molecule has 34 heavy (non-hydrogen) atoms. The fourth-order valence-corrected chi connectivity index (χ4v) is 4.67. The Morgan fingerprint density at radius 3 is 2.53 bits per heavy atom. The summed E-state index contributed by atoms with van der Waals surface area (Å²) in [4.78, 5) is 45.4. The lowest BCUT2D eigenvalue weighted by molar-refractivity contribution is -0.142. The van der Waals surface area contributed by atoms with Gasteiger partial charge in [-0.2, -0.15) is 0 Å². The summed E-state index contributed by atoms with van der Waals surface area (Å²) in [5.74, 6) is -0.344. The second-order valence-electron chi connectivity index (χ2n) is 9.05. The maximum atomic E-state index is 13.4. The van der Waals surface area contributed by atoms with E-state index in [1.54, 1.807) is 29.2 Å². The number of rotatable bonds is 6. The number of nitrogens with one attached hydrogen (secondary N) is 1. The van der Waals surface area contributed by atoms with E-state index in [0.717, 1.165) is 5.56 Å². The quantitative estimate of drug-likeness (QED) is 0.509. The summed E-state index contributed by atoms with van der Waals surface area (Å²) in [5.41, 5.74) is 0.463. The van der Waals surface area contributed by atoms with Gasteiger partial charge >= 0.3 is 0 Å². The zero-order valence-corrected chi connectivity index (χ0v) is 21.4. The lowest BCUT2D eigenvalue weighted by atomic mass is 9.84. The van der Waals surface area contributed by atoms with Crippen molar-refractivity contribution in [2.45, 2.75) is 26.9 Å². The summed E-state index contributed by atoms with van der Waals surface area (Å²) in [6, 6.07) is 8.49. The SMILES string of the molecule is COc1c(Br)cnc2c1cc(C(=O)NCc1ccc(Cl)cc1)c(=O)n2CC(=O)N1CC(C)(C)C1. The monoisotopic (exact) mass is 546 g/mol. The number of methoxy groups -OCH3 is 1. The average molecular weight is 548 g/mol. The van der Waals surface area contributed by atoms with Gasteiger partial charge in [-0.25, -0.2) is 4.98 Å². The minimum Gasteiger partial charge on any atom is -0.495 e. The number of fused-ring (bicyclic) bond motifs is 1. The Balaban J connectivity index is 1.71. The molecule has 0 atom stereocenters. The molecule has 178 valence electrons. The van der Waals surface area contributed by atoms with Crippen LogP contribution in [0.4, 0.5) is 0 Å². The highest BCUT2D eigenvalue weighted by molar-refractivity contribution is 9.10. The number of likely N-dealkylation sites (tertiary alicyclic amines) is 1. The number of aromatic nitrogens is 2. The molecule has 2 aromatic heterocycles. The predicted molar refractivity (Wildman–Crippen MR) is 133 cm³/mol. The van der Waals surface area contributed by atoms with Crippen LogP contribution in [0.3, 0.4) is 0 Å². The van der Waals surface area contributed by atoms with Gasteiger partial charge in [-0.3, -0.25) is 19.0 Å². The van der Waals surface area contributed by atoms with Gasteiger partial charge in [0.15, 0.2) is 0 Å². The van der Waals surface area contributed by atoms with Gasteiger partial charge in [0.05, 0.1) is 17.0 Å². The topological polar surface area (TPSA) is 93.5 Å². The summed E-state index contributed by atoms with van der Waals surface area (Å²) >= 11 is 9.31. The number of ether oxygens (including phenoxy) is 1. The van der Waals surface area contributed by atoms with E-state index >= 15 is 0 Å². The van der Waals surface area contributed by atoms with Gasteiger partial charge in [-0.05, 0) is 45.1 Å². The summed E-state index contributed by atoms with van der Waals surface area (Å²) in [7, 11) is 1.49. The Hall–Kier alpha value is -2.91. The van der Waals surface area contributed by atoms with Crippen LogP contribution in [0.5, 0.6) is 5.75 Å². The molecule has 0 spiro atoms. The fraction of sp³-hybridized carbons (Fsp3) is 0.333. The van der Waals surface area contributed by atoms with Crippen molar-refractivity contribution < 1.29 is 14.3 Å². The Morgan fingerprint density at radius 1 is 1.24 bits per heavy atom. The fourth-order valence-electron chi connectivity index (χ4n) is 4.06. The van der Waals surface area contributed by atoms with Crippen molar-refractivity contribution in [3.05, 3.63) is 67.5 Å². The largest absolute Gasteiger partial charge is 0.495 e. The number of benzene rings is 1. The highest BCUT2D eigenvalue weighted by atomic mass is 79.9. The zero-order valence-electron chi connectivity index (χ0n) is 19.0. The first kappa shape index (κ1) is 24.2. The van der Waals surface area contributed by atoms with Crippen LogP contribution in [0.1, 0.15) is 29.8 Å². The molecule has 0 saturated carbocycles. The standard InChI is InChI=1S/C24H24BrClN4O4/c1-24(2)12-29(13-24)19(31)11-30-21-16(20(34-3)18(25)10-27-21)8-17(23(30)33)22(32)28-9-14-4-6-15(26)7-5-14/h4-8,10H,9,11-13H2,1-3H3,(H,28,32). The van der Waals surface area contributed by atoms with Gasteiger partial charge in [-0.15, -0.1) is 0 Å². The molecule has 10 heteroatoms. The first-order chi connectivity index (χ1) is 16.1. The molecule has 1 fully saturated rings. The summed E-state index contributed by atoms with van der Waals surface area (Å²) in [6.45, 7) is 5.37. The minimum absolute atomic E-state index is 0.0540. The number of hydrogen-bond donors (Lipinski definition) is 1. The van der Waals surface area contributed by atoms with Crippen LogP contribution in [-0.4, -0.2) is 46.5 Å². The number of halogens is 2. The van der Waals surface area contributed by atoms with Crippen LogP contribution in [0.2, 0.25) is 5.02 Å². The molecule has 0 radical (unpaired) electrons.